The summed E-state index contributed by atoms with van der Waals surface area (Å²) in [6.07, 6.45) is 6.77. The van der Waals surface area contributed by atoms with Gasteiger partial charge >= 0.3 is 5.97 Å². The van der Waals surface area contributed by atoms with E-state index in [1.165, 1.54) is 39.7 Å². The van der Waals surface area contributed by atoms with Gasteiger partial charge < -0.3 is 14.8 Å². The van der Waals surface area contributed by atoms with Crippen molar-refractivity contribution in [3.63, 3.8) is 0 Å². The van der Waals surface area contributed by atoms with E-state index in [0.717, 1.165) is 12.8 Å². The molecule has 0 heterocycles. The van der Waals surface area contributed by atoms with E-state index in [9.17, 15) is 9.59 Å². The standard InChI is InChI=1S/C17H33NO4/c1-5-6-7-8-9-10-11-15(14(2)19)22-17(20)16(21-4)12-13-18-3/h15-16,18H,5-13H2,1-4H3. The topological polar surface area (TPSA) is 64.6 Å². The number of methoxy groups -OCH3 is 1. The van der Waals surface area contributed by atoms with Gasteiger partial charge in [0.15, 0.2) is 18.0 Å². The van der Waals surface area contributed by atoms with Gasteiger partial charge in [-0.15, -0.1) is 0 Å². The number of hydrogen-bond donors (Lipinski definition) is 1. The molecule has 0 aliphatic carbocycles. The minimum Gasteiger partial charge on any atom is -0.452 e. The van der Waals surface area contributed by atoms with Crippen LogP contribution in [0.2, 0.25) is 0 Å². The van der Waals surface area contributed by atoms with Crippen LogP contribution in [0.4, 0.5) is 0 Å². The van der Waals surface area contributed by atoms with Crippen molar-refractivity contribution < 1.29 is 19.1 Å². The van der Waals surface area contributed by atoms with Gasteiger partial charge in [0.25, 0.3) is 0 Å². The Bertz CT molecular complexity index is 307. The summed E-state index contributed by atoms with van der Waals surface area (Å²) in [4.78, 5) is 23.7. The third-order valence-electron chi connectivity index (χ3n) is 3.74. The predicted molar refractivity (Wildman–Crippen MR) is 87.9 cm³/mol. The fourth-order valence-electron chi connectivity index (χ4n) is 2.28. The molecule has 0 aliphatic rings. The zero-order valence-electron chi connectivity index (χ0n) is 14.7. The van der Waals surface area contributed by atoms with Gasteiger partial charge in [-0.05, 0) is 39.8 Å². The van der Waals surface area contributed by atoms with Gasteiger partial charge in [0, 0.05) is 7.11 Å². The molecule has 130 valence electrons. The van der Waals surface area contributed by atoms with Gasteiger partial charge in [0.05, 0.1) is 0 Å². The van der Waals surface area contributed by atoms with Crippen molar-refractivity contribution >= 4 is 11.8 Å². The van der Waals surface area contributed by atoms with Crippen LogP contribution in [0.1, 0.15) is 65.2 Å². The Balaban J connectivity index is 4.16. The predicted octanol–water partition coefficient (Wildman–Crippen LogP) is 2.86. The molecule has 0 fully saturated rings. The van der Waals surface area contributed by atoms with E-state index in [1.807, 2.05) is 7.05 Å². The molecule has 0 radical (unpaired) electrons. The van der Waals surface area contributed by atoms with Gasteiger partial charge in [-0.25, -0.2) is 4.79 Å². The molecule has 0 aromatic heterocycles. The van der Waals surface area contributed by atoms with Crippen LogP contribution in [0.25, 0.3) is 0 Å². The van der Waals surface area contributed by atoms with E-state index in [0.29, 0.717) is 19.4 Å². The first kappa shape index (κ1) is 21.1. The number of carbonyl (C=O) groups excluding carboxylic acids is 2. The highest BCUT2D eigenvalue weighted by Gasteiger charge is 2.25. The zero-order chi connectivity index (χ0) is 16.8. The minimum atomic E-state index is -0.633. The Labute approximate surface area is 135 Å². The molecule has 5 heteroatoms. The molecule has 0 saturated heterocycles. The molecule has 0 spiro atoms. The molecule has 2 atom stereocenters. The summed E-state index contributed by atoms with van der Waals surface area (Å²) >= 11 is 0. The third-order valence-corrected chi connectivity index (χ3v) is 3.74. The highest BCUT2D eigenvalue weighted by Crippen LogP contribution is 2.13. The summed E-state index contributed by atoms with van der Waals surface area (Å²) in [5, 5.41) is 2.97. The molecule has 0 aromatic rings. The maximum atomic E-state index is 12.0. The second-order valence-corrected chi connectivity index (χ2v) is 5.71. The first-order valence-electron chi connectivity index (χ1n) is 8.45. The monoisotopic (exact) mass is 315 g/mol. The Morgan fingerprint density at radius 2 is 1.64 bits per heavy atom. The van der Waals surface area contributed by atoms with Gasteiger partial charge in [-0.2, -0.15) is 0 Å². The van der Waals surface area contributed by atoms with Crippen LogP contribution in [0.15, 0.2) is 0 Å². The van der Waals surface area contributed by atoms with Crippen molar-refractivity contribution in [1.82, 2.24) is 5.32 Å². The average Bonchev–Trinajstić information content (AvgIpc) is 2.50. The van der Waals surface area contributed by atoms with Crippen molar-refractivity contribution in [3.05, 3.63) is 0 Å². The molecule has 0 aliphatic heterocycles. The van der Waals surface area contributed by atoms with Gasteiger partial charge in [0.2, 0.25) is 0 Å². The molecule has 0 rings (SSSR count). The Hall–Kier alpha value is -0.940. The summed E-state index contributed by atoms with van der Waals surface area (Å²) in [5.74, 6) is -0.533. The van der Waals surface area contributed by atoms with E-state index in [4.69, 9.17) is 9.47 Å². The fourth-order valence-corrected chi connectivity index (χ4v) is 2.28. The molecule has 1 N–H and O–H groups in total. The summed E-state index contributed by atoms with van der Waals surface area (Å²) in [6.45, 7) is 4.33. The van der Waals surface area contributed by atoms with Crippen LogP contribution < -0.4 is 5.32 Å². The van der Waals surface area contributed by atoms with Crippen LogP contribution >= 0.6 is 0 Å². The van der Waals surface area contributed by atoms with E-state index in [1.54, 1.807) is 0 Å². The molecule has 2 unspecified atom stereocenters. The number of ketones is 1. The quantitative estimate of drug-likeness (QED) is 0.394. The lowest BCUT2D eigenvalue weighted by atomic mass is 10.1. The normalized spacial score (nSPS) is 13.6. The number of rotatable bonds is 14. The second kappa shape index (κ2) is 13.7. The first-order valence-corrected chi connectivity index (χ1v) is 8.45. The van der Waals surface area contributed by atoms with Crippen molar-refractivity contribution in [3.8, 4) is 0 Å². The van der Waals surface area contributed by atoms with Crippen LogP contribution in [0, 0.1) is 0 Å². The summed E-state index contributed by atoms with van der Waals surface area (Å²) < 4.78 is 10.5. The number of ether oxygens (including phenoxy) is 2. The molecule has 0 amide bonds. The Morgan fingerprint density at radius 3 is 2.18 bits per heavy atom. The fraction of sp³-hybridized carbons (Fsp3) is 0.882. The highest BCUT2D eigenvalue weighted by molar-refractivity contribution is 5.84. The Kier molecular flexibility index (Phi) is 13.1. The first-order chi connectivity index (χ1) is 10.6. The lowest BCUT2D eigenvalue weighted by Gasteiger charge is -2.19. The van der Waals surface area contributed by atoms with Gasteiger partial charge in [-0.1, -0.05) is 39.0 Å². The maximum Gasteiger partial charge on any atom is 0.335 e. The molecular weight excluding hydrogens is 282 g/mol. The summed E-state index contributed by atoms with van der Waals surface area (Å²) in [7, 11) is 3.30. The smallest absolute Gasteiger partial charge is 0.335 e. The lowest BCUT2D eigenvalue weighted by Crippen LogP contribution is -2.34. The number of unbranched alkanes of at least 4 members (excludes halogenated alkanes) is 5. The second-order valence-electron chi connectivity index (χ2n) is 5.71. The third kappa shape index (κ3) is 9.90. The van der Waals surface area contributed by atoms with Gasteiger partial charge in [-0.3, -0.25) is 4.79 Å². The van der Waals surface area contributed by atoms with Gasteiger partial charge in [0.1, 0.15) is 0 Å². The Morgan fingerprint density at radius 1 is 1.00 bits per heavy atom. The number of esters is 1. The van der Waals surface area contributed by atoms with Crippen molar-refractivity contribution in [2.45, 2.75) is 77.4 Å². The highest BCUT2D eigenvalue weighted by atomic mass is 16.6. The van der Waals surface area contributed by atoms with Crippen molar-refractivity contribution in [2.75, 3.05) is 20.7 Å². The molecule has 0 saturated carbocycles. The number of hydrogen-bond acceptors (Lipinski definition) is 5. The lowest BCUT2D eigenvalue weighted by molar-refractivity contribution is -0.165. The summed E-state index contributed by atoms with van der Waals surface area (Å²) in [6, 6.07) is 0. The van der Waals surface area contributed by atoms with Crippen molar-refractivity contribution in [1.29, 1.82) is 0 Å². The molecule has 5 nitrogen and oxygen atoms in total. The average molecular weight is 315 g/mol. The van der Waals surface area contributed by atoms with E-state index < -0.39 is 18.2 Å². The van der Waals surface area contributed by atoms with Crippen LogP contribution in [-0.2, 0) is 19.1 Å². The van der Waals surface area contributed by atoms with Crippen LogP contribution in [0.5, 0.6) is 0 Å². The molecule has 0 bridgehead atoms. The number of carbonyl (C=O) groups is 2. The minimum absolute atomic E-state index is 0.0922. The van der Waals surface area contributed by atoms with E-state index in [-0.39, 0.29) is 5.78 Å². The van der Waals surface area contributed by atoms with Crippen LogP contribution in [-0.4, -0.2) is 44.7 Å². The zero-order valence-corrected chi connectivity index (χ0v) is 14.7. The molecule has 22 heavy (non-hydrogen) atoms. The van der Waals surface area contributed by atoms with E-state index >= 15 is 0 Å². The maximum absolute atomic E-state index is 12.0. The van der Waals surface area contributed by atoms with Crippen LogP contribution in [0.3, 0.4) is 0 Å². The largest absolute Gasteiger partial charge is 0.452 e. The SMILES string of the molecule is CCCCCCCCC(OC(=O)C(CCNC)OC)C(C)=O. The number of Topliss-reactive ketones (excluding diaryl/α,β-unsaturated/α-hetero) is 1. The molecule has 0 aromatic carbocycles. The van der Waals surface area contributed by atoms with E-state index in [2.05, 4.69) is 12.2 Å². The molecular formula is C17H33NO4. The van der Waals surface area contributed by atoms with Crippen molar-refractivity contribution in [2.24, 2.45) is 0 Å². The number of nitrogens with one attached hydrogen (secondary N) is 1. The summed E-state index contributed by atoms with van der Waals surface area (Å²) in [5.41, 5.74) is 0.